The highest BCUT2D eigenvalue weighted by Crippen LogP contribution is 2.40. The Morgan fingerprint density at radius 1 is 1.14 bits per heavy atom. The van der Waals surface area contributed by atoms with Crippen molar-refractivity contribution < 1.29 is 14.8 Å². The SMILES string of the molecule is C=CCN1CCN(C(=O)C(C)(C)C(C)(C)C(=O)NO)CC1. The highest BCUT2D eigenvalue weighted by atomic mass is 16.5. The predicted octanol–water partition coefficient (Wildman–Crippen LogP) is 0.874. The van der Waals surface area contributed by atoms with Gasteiger partial charge >= 0.3 is 0 Å². The van der Waals surface area contributed by atoms with Crippen LogP contribution in [0.2, 0.25) is 0 Å². The summed E-state index contributed by atoms with van der Waals surface area (Å²) in [4.78, 5) is 28.7. The van der Waals surface area contributed by atoms with E-state index in [1.54, 1.807) is 38.1 Å². The van der Waals surface area contributed by atoms with Crippen molar-refractivity contribution >= 4 is 11.8 Å². The van der Waals surface area contributed by atoms with Crippen molar-refractivity contribution in [3.05, 3.63) is 12.7 Å². The van der Waals surface area contributed by atoms with Gasteiger partial charge < -0.3 is 4.90 Å². The van der Waals surface area contributed by atoms with Crippen LogP contribution < -0.4 is 5.48 Å². The lowest BCUT2D eigenvalue weighted by Crippen LogP contribution is -2.57. The molecule has 6 nitrogen and oxygen atoms in total. The molecule has 0 spiro atoms. The number of hydrogen-bond acceptors (Lipinski definition) is 4. The molecule has 21 heavy (non-hydrogen) atoms. The topological polar surface area (TPSA) is 72.9 Å². The molecule has 0 unspecified atom stereocenters. The third-order valence-electron chi connectivity index (χ3n) is 4.81. The second kappa shape index (κ2) is 6.58. The summed E-state index contributed by atoms with van der Waals surface area (Å²) in [7, 11) is 0. The van der Waals surface area contributed by atoms with Crippen LogP contribution in [0.1, 0.15) is 27.7 Å². The molecule has 0 aliphatic carbocycles. The molecule has 1 fully saturated rings. The normalized spacial score (nSPS) is 17.5. The average Bonchev–Trinajstić information content (AvgIpc) is 2.46. The van der Waals surface area contributed by atoms with Gasteiger partial charge in [-0.2, -0.15) is 0 Å². The van der Waals surface area contributed by atoms with Crippen LogP contribution in [-0.4, -0.2) is 59.5 Å². The van der Waals surface area contributed by atoms with Crippen LogP contribution in [0.5, 0.6) is 0 Å². The number of hydroxylamine groups is 1. The molecule has 6 heteroatoms. The van der Waals surface area contributed by atoms with E-state index < -0.39 is 16.7 Å². The van der Waals surface area contributed by atoms with Crippen molar-refractivity contribution in [1.29, 1.82) is 0 Å². The minimum absolute atomic E-state index is 0.0608. The third-order valence-corrected chi connectivity index (χ3v) is 4.81. The molecule has 0 aromatic carbocycles. The molecule has 2 N–H and O–H groups in total. The summed E-state index contributed by atoms with van der Waals surface area (Å²) < 4.78 is 0. The minimum atomic E-state index is -1.00. The zero-order valence-corrected chi connectivity index (χ0v) is 13.5. The number of carbonyl (C=O) groups is 2. The Labute approximate surface area is 126 Å². The van der Waals surface area contributed by atoms with E-state index in [1.165, 1.54) is 0 Å². The third kappa shape index (κ3) is 3.44. The molecular weight excluding hydrogens is 270 g/mol. The largest absolute Gasteiger partial charge is 0.340 e. The summed E-state index contributed by atoms with van der Waals surface area (Å²) in [6, 6.07) is 0. The van der Waals surface area contributed by atoms with Crippen LogP contribution in [0.4, 0.5) is 0 Å². The molecule has 120 valence electrons. The van der Waals surface area contributed by atoms with Gasteiger partial charge in [0.05, 0.1) is 10.8 Å². The molecule has 0 aromatic rings. The molecule has 1 aliphatic rings. The molecule has 0 saturated carbocycles. The Balaban J connectivity index is 2.78. The van der Waals surface area contributed by atoms with Crippen molar-refractivity contribution in [2.24, 2.45) is 10.8 Å². The van der Waals surface area contributed by atoms with Gasteiger partial charge in [-0.05, 0) is 27.7 Å². The Hall–Kier alpha value is -1.40. The summed E-state index contributed by atoms with van der Waals surface area (Å²) in [5, 5.41) is 8.88. The van der Waals surface area contributed by atoms with E-state index >= 15 is 0 Å². The van der Waals surface area contributed by atoms with E-state index in [-0.39, 0.29) is 5.91 Å². The van der Waals surface area contributed by atoms with Gasteiger partial charge in [0.15, 0.2) is 0 Å². The van der Waals surface area contributed by atoms with E-state index in [0.29, 0.717) is 13.1 Å². The number of rotatable bonds is 5. The van der Waals surface area contributed by atoms with E-state index in [1.807, 2.05) is 6.08 Å². The van der Waals surface area contributed by atoms with Crippen LogP contribution in [0.3, 0.4) is 0 Å². The fourth-order valence-electron chi connectivity index (χ4n) is 2.40. The first-order chi connectivity index (χ1) is 9.68. The highest BCUT2D eigenvalue weighted by molar-refractivity contribution is 5.92. The molecular formula is C15H27N3O3. The lowest BCUT2D eigenvalue weighted by molar-refractivity contribution is -0.159. The van der Waals surface area contributed by atoms with Crippen LogP contribution in [0.25, 0.3) is 0 Å². The Kier molecular flexibility index (Phi) is 5.53. The molecule has 1 saturated heterocycles. The van der Waals surface area contributed by atoms with Crippen LogP contribution in [0, 0.1) is 10.8 Å². The van der Waals surface area contributed by atoms with Gasteiger partial charge in [0.25, 0.3) is 0 Å². The second-order valence-electron chi connectivity index (χ2n) is 6.57. The standard InChI is InChI=1S/C15H27N3O3/c1-6-7-17-8-10-18(11-9-17)13(20)15(4,5)14(2,3)12(19)16-21/h6,21H,1,7-11H2,2-5H3,(H,16,19). The van der Waals surface area contributed by atoms with Crippen LogP contribution in [0.15, 0.2) is 12.7 Å². The van der Waals surface area contributed by atoms with Crippen LogP contribution in [-0.2, 0) is 9.59 Å². The summed E-state index contributed by atoms with van der Waals surface area (Å²) in [6.07, 6.45) is 1.86. The maximum Gasteiger partial charge on any atom is 0.250 e. The van der Waals surface area contributed by atoms with Crippen molar-refractivity contribution in [2.45, 2.75) is 27.7 Å². The van der Waals surface area contributed by atoms with Gasteiger partial charge in [-0.1, -0.05) is 6.08 Å². The summed E-state index contributed by atoms with van der Waals surface area (Å²) in [6.45, 7) is 14.3. The lowest BCUT2D eigenvalue weighted by Gasteiger charge is -2.43. The zero-order valence-electron chi connectivity index (χ0n) is 13.5. The Morgan fingerprint density at radius 3 is 2.10 bits per heavy atom. The molecule has 0 atom stereocenters. The molecule has 0 radical (unpaired) electrons. The summed E-state index contributed by atoms with van der Waals surface area (Å²) in [5.74, 6) is -0.611. The monoisotopic (exact) mass is 297 g/mol. The summed E-state index contributed by atoms with van der Waals surface area (Å²) >= 11 is 0. The van der Waals surface area contributed by atoms with Gasteiger partial charge in [0.2, 0.25) is 11.8 Å². The Morgan fingerprint density at radius 2 is 1.67 bits per heavy atom. The number of amides is 2. The van der Waals surface area contributed by atoms with Gasteiger partial charge in [-0.3, -0.25) is 19.7 Å². The van der Waals surface area contributed by atoms with Gasteiger partial charge in [-0.15, -0.1) is 6.58 Å². The van der Waals surface area contributed by atoms with Gasteiger partial charge in [-0.25, -0.2) is 5.48 Å². The van der Waals surface area contributed by atoms with E-state index in [2.05, 4.69) is 11.5 Å². The van der Waals surface area contributed by atoms with Crippen molar-refractivity contribution in [3.63, 3.8) is 0 Å². The average molecular weight is 297 g/mol. The van der Waals surface area contributed by atoms with Crippen molar-refractivity contribution in [1.82, 2.24) is 15.3 Å². The fourth-order valence-corrected chi connectivity index (χ4v) is 2.40. The van der Waals surface area contributed by atoms with Crippen molar-refractivity contribution in [3.8, 4) is 0 Å². The maximum atomic E-state index is 12.8. The summed E-state index contributed by atoms with van der Waals surface area (Å²) in [5.41, 5.74) is -0.241. The van der Waals surface area contributed by atoms with E-state index in [4.69, 9.17) is 5.21 Å². The first-order valence-corrected chi connectivity index (χ1v) is 7.25. The Bertz CT molecular complexity index is 410. The van der Waals surface area contributed by atoms with Gasteiger partial charge in [0, 0.05) is 32.7 Å². The fraction of sp³-hybridized carbons (Fsp3) is 0.733. The number of piperazine rings is 1. The first-order valence-electron chi connectivity index (χ1n) is 7.25. The number of carbonyl (C=O) groups excluding carboxylic acids is 2. The molecule has 2 amide bonds. The molecule has 0 aromatic heterocycles. The molecule has 1 heterocycles. The quantitative estimate of drug-likeness (QED) is 0.449. The predicted molar refractivity (Wildman–Crippen MR) is 80.7 cm³/mol. The molecule has 1 rings (SSSR count). The smallest absolute Gasteiger partial charge is 0.250 e. The van der Waals surface area contributed by atoms with Gasteiger partial charge in [0.1, 0.15) is 0 Å². The molecule has 1 aliphatic heterocycles. The number of nitrogens with zero attached hydrogens (tertiary/aromatic N) is 2. The highest BCUT2D eigenvalue weighted by Gasteiger charge is 2.50. The second-order valence-corrected chi connectivity index (χ2v) is 6.57. The molecule has 0 bridgehead atoms. The van der Waals surface area contributed by atoms with E-state index in [9.17, 15) is 9.59 Å². The first kappa shape index (κ1) is 17.7. The number of hydrogen-bond donors (Lipinski definition) is 2. The van der Waals surface area contributed by atoms with Crippen molar-refractivity contribution in [2.75, 3.05) is 32.7 Å². The minimum Gasteiger partial charge on any atom is -0.340 e. The zero-order chi connectivity index (χ0) is 16.3. The van der Waals surface area contributed by atoms with E-state index in [0.717, 1.165) is 19.6 Å². The van der Waals surface area contributed by atoms with Crippen LogP contribution >= 0.6 is 0 Å². The number of nitrogens with one attached hydrogen (secondary N) is 1. The lowest BCUT2D eigenvalue weighted by atomic mass is 9.66. The maximum absolute atomic E-state index is 12.8.